The van der Waals surface area contributed by atoms with E-state index in [0.29, 0.717) is 13.0 Å². The summed E-state index contributed by atoms with van der Waals surface area (Å²) in [5.74, 6) is -0.638. The van der Waals surface area contributed by atoms with Crippen molar-refractivity contribution < 1.29 is 17.6 Å². The molecule has 1 N–H and O–H groups in total. The van der Waals surface area contributed by atoms with Crippen LogP contribution >= 0.6 is 0 Å². The third-order valence-electron chi connectivity index (χ3n) is 4.84. The lowest BCUT2D eigenvalue weighted by atomic mass is 10.1. The third kappa shape index (κ3) is 6.47. The Bertz CT molecular complexity index is 1080. The van der Waals surface area contributed by atoms with Crippen LogP contribution in [0.1, 0.15) is 24.0 Å². The van der Waals surface area contributed by atoms with Crippen LogP contribution in [0.15, 0.2) is 72.1 Å². The number of nitrogens with one attached hydrogen (secondary N) is 1. The van der Waals surface area contributed by atoms with Gasteiger partial charge >= 0.3 is 0 Å². The van der Waals surface area contributed by atoms with Crippen LogP contribution in [0.2, 0.25) is 0 Å². The molecule has 0 saturated carbocycles. The molecule has 0 aliphatic rings. The second-order valence-corrected chi connectivity index (χ2v) is 9.26. The van der Waals surface area contributed by atoms with Gasteiger partial charge in [0.1, 0.15) is 5.82 Å². The molecular formula is C22H25FN4O3S. The van der Waals surface area contributed by atoms with Crippen molar-refractivity contribution in [3.05, 3.63) is 84.2 Å². The number of sulfonamides is 1. The van der Waals surface area contributed by atoms with Crippen molar-refractivity contribution in [1.29, 1.82) is 0 Å². The van der Waals surface area contributed by atoms with Crippen LogP contribution in [0.4, 0.5) is 4.39 Å². The van der Waals surface area contributed by atoms with Gasteiger partial charge in [-0.2, -0.15) is 0 Å². The second kappa shape index (κ2) is 10.3. The SMILES string of the molecule is CN(CCCC(=O)NCc1ccc(Cn2ccnc2)cc1)S(=O)(=O)c1ccc(F)cc1. The highest BCUT2D eigenvalue weighted by Gasteiger charge is 2.20. The Morgan fingerprint density at radius 2 is 1.77 bits per heavy atom. The summed E-state index contributed by atoms with van der Waals surface area (Å²) in [6.07, 6.45) is 5.99. The fourth-order valence-electron chi connectivity index (χ4n) is 3.01. The van der Waals surface area contributed by atoms with E-state index < -0.39 is 15.8 Å². The summed E-state index contributed by atoms with van der Waals surface area (Å²) in [4.78, 5) is 16.1. The zero-order valence-corrected chi connectivity index (χ0v) is 18.1. The maximum absolute atomic E-state index is 13.0. The molecule has 0 unspecified atom stereocenters. The van der Waals surface area contributed by atoms with Crippen molar-refractivity contribution in [3.63, 3.8) is 0 Å². The maximum atomic E-state index is 13.0. The first-order valence-electron chi connectivity index (χ1n) is 9.87. The monoisotopic (exact) mass is 444 g/mol. The summed E-state index contributed by atoms with van der Waals surface area (Å²) < 4.78 is 41.1. The van der Waals surface area contributed by atoms with Crippen molar-refractivity contribution in [1.82, 2.24) is 19.2 Å². The largest absolute Gasteiger partial charge is 0.352 e. The summed E-state index contributed by atoms with van der Waals surface area (Å²) >= 11 is 0. The predicted molar refractivity (Wildman–Crippen MR) is 115 cm³/mol. The van der Waals surface area contributed by atoms with Gasteiger partial charge in [-0.15, -0.1) is 0 Å². The van der Waals surface area contributed by atoms with Crippen molar-refractivity contribution >= 4 is 15.9 Å². The second-order valence-electron chi connectivity index (χ2n) is 7.21. The summed E-state index contributed by atoms with van der Waals surface area (Å²) in [5.41, 5.74) is 2.12. The van der Waals surface area contributed by atoms with E-state index in [-0.39, 0.29) is 23.8 Å². The fraction of sp³-hybridized carbons (Fsp3) is 0.273. The van der Waals surface area contributed by atoms with Crippen LogP contribution in [0.3, 0.4) is 0 Å². The zero-order valence-electron chi connectivity index (χ0n) is 17.2. The Hall–Kier alpha value is -3.04. The number of amides is 1. The van der Waals surface area contributed by atoms with E-state index >= 15 is 0 Å². The molecular weight excluding hydrogens is 419 g/mol. The van der Waals surface area contributed by atoms with Gasteiger partial charge in [0, 0.05) is 45.5 Å². The molecule has 3 rings (SSSR count). The van der Waals surface area contributed by atoms with Crippen LogP contribution in [-0.2, 0) is 27.9 Å². The first-order valence-corrected chi connectivity index (χ1v) is 11.3. The van der Waals surface area contributed by atoms with E-state index in [0.717, 1.165) is 29.8 Å². The lowest BCUT2D eigenvalue weighted by Crippen LogP contribution is -2.29. The number of carbonyl (C=O) groups excluding carboxylic acids is 1. The molecule has 0 radical (unpaired) electrons. The fourth-order valence-corrected chi connectivity index (χ4v) is 4.22. The highest BCUT2D eigenvalue weighted by Crippen LogP contribution is 2.15. The minimum Gasteiger partial charge on any atom is -0.352 e. The van der Waals surface area contributed by atoms with E-state index in [4.69, 9.17) is 0 Å². The number of aromatic nitrogens is 2. The van der Waals surface area contributed by atoms with E-state index in [1.807, 2.05) is 35.0 Å². The number of imidazole rings is 1. The van der Waals surface area contributed by atoms with Crippen molar-refractivity contribution in [3.8, 4) is 0 Å². The Balaban J connectivity index is 1.40. The van der Waals surface area contributed by atoms with Crippen molar-refractivity contribution in [2.45, 2.75) is 30.8 Å². The van der Waals surface area contributed by atoms with E-state index in [1.54, 1.807) is 12.5 Å². The molecule has 0 aliphatic heterocycles. The van der Waals surface area contributed by atoms with Gasteiger partial charge < -0.3 is 9.88 Å². The highest BCUT2D eigenvalue weighted by atomic mass is 32.2. The Labute approximate surface area is 181 Å². The third-order valence-corrected chi connectivity index (χ3v) is 6.71. The Kier molecular flexibility index (Phi) is 7.54. The first-order chi connectivity index (χ1) is 14.8. The van der Waals surface area contributed by atoms with Crippen LogP contribution in [0.5, 0.6) is 0 Å². The molecule has 9 heteroatoms. The van der Waals surface area contributed by atoms with Gasteiger partial charge in [0.25, 0.3) is 0 Å². The summed E-state index contributed by atoms with van der Waals surface area (Å²) in [7, 11) is -2.26. The van der Waals surface area contributed by atoms with Gasteiger partial charge in [-0.3, -0.25) is 4.79 Å². The van der Waals surface area contributed by atoms with Crippen molar-refractivity contribution in [2.75, 3.05) is 13.6 Å². The molecule has 2 aromatic carbocycles. The average molecular weight is 445 g/mol. The first kappa shape index (κ1) is 22.6. The van der Waals surface area contributed by atoms with Gasteiger partial charge in [-0.25, -0.2) is 22.1 Å². The quantitative estimate of drug-likeness (QED) is 0.521. The topological polar surface area (TPSA) is 84.3 Å². The van der Waals surface area contributed by atoms with Gasteiger partial charge in [0.05, 0.1) is 11.2 Å². The average Bonchev–Trinajstić information content (AvgIpc) is 3.26. The van der Waals surface area contributed by atoms with Crippen LogP contribution in [-0.4, -0.2) is 41.8 Å². The molecule has 0 fully saturated rings. The number of halogens is 1. The highest BCUT2D eigenvalue weighted by molar-refractivity contribution is 7.89. The van der Waals surface area contributed by atoms with Gasteiger partial charge in [0.2, 0.25) is 15.9 Å². The summed E-state index contributed by atoms with van der Waals surface area (Å²) in [6.45, 7) is 1.34. The number of carbonyl (C=O) groups is 1. The molecule has 0 aliphatic carbocycles. The normalized spacial score (nSPS) is 11.6. The molecule has 1 amide bonds. The Morgan fingerprint density at radius 3 is 2.42 bits per heavy atom. The number of nitrogens with zero attached hydrogens (tertiary/aromatic N) is 3. The van der Waals surface area contributed by atoms with E-state index in [9.17, 15) is 17.6 Å². The molecule has 0 atom stereocenters. The molecule has 1 heterocycles. The smallest absolute Gasteiger partial charge is 0.242 e. The maximum Gasteiger partial charge on any atom is 0.242 e. The molecule has 1 aromatic heterocycles. The predicted octanol–water partition coefficient (Wildman–Crippen LogP) is 2.79. The van der Waals surface area contributed by atoms with Crippen molar-refractivity contribution in [2.24, 2.45) is 0 Å². The number of rotatable bonds is 10. The van der Waals surface area contributed by atoms with Crippen LogP contribution in [0, 0.1) is 5.82 Å². The molecule has 0 spiro atoms. The standard InChI is InChI=1S/C22H25FN4O3S/c1-26(31(29,30)21-10-8-20(23)9-11-21)13-2-3-22(28)25-15-18-4-6-19(7-5-18)16-27-14-12-24-17-27/h4-12,14,17H,2-3,13,15-16H2,1H3,(H,25,28). The minimum absolute atomic E-state index is 0.0253. The zero-order chi connectivity index (χ0) is 22.3. The van der Waals surface area contributed by atoms with Crippen LogP contribution in [0.25, 0.3) is 0 Å². The van der Waals surface area contributed by atoms with Gasteiger partial charge in [0.15, 0.2) is 0 Å². The number of hydrogen-bond donors (Lipinski definition) is 1. The van der Waals surface area contributed by atoms with E-state index in [2.05, 4.69) is 10.3 Å². The van der Waals surface area contributed by atoms with E-state index in [1.165, 1.54) is 23.5 Å². The van der Waals surface area contributed by atoms with Crippen LogP contribution < -0.4 is 5.32 Å². The molecule has 31 heavy (non-hydrogen) atoms. The molecule has 7 nitrogen and oxygen atoms in total. The molecule has 3 aromatic rings. The van der Waals surface area contributed by atoms with Gasteiger partial charge in [-0.05, 0) is 41.8 Å². The summed E-state index contributed by atoms with van der Waals surface area (Å²) in [6, 6.07) is 12.6. The van der Waals surface area contributed by atoms with Gasteiger partial charge in [-0.1, -0.05) is 24.3 Å². The number of hydrogen-bond acceptors (Lipinski definition) is 4. The Morgan fingerprint density at radius 1 is 1.10 bits per heavy atom. The minimum atomic E-state index is -3.70. The number of benzene rings is 2. The molecule has 164 valence electrons. The summed E-state index contributed by atoms with van der Waals surface area (Å²) in [5, 5.41) is 2.85. The molecule has 0 saturated heterocycles. The molecule has 0 bridgehead atoms. The lowest BCUT2D eigenvalue weighted by molar-refractivity contribution is -0.121. The lowest BCUT2D eigenvalue weighted by Gasteiger charge is -2.17.